The van der Waals surface area contributed by atoms with Crippen LogP contribution in [0.25, 0.3) is 0 Å². The van der Waals surface area contributed by atoms with Gasteiger partial charge in [0.25, 0.3) is 0 Å². The van der Waals surface area contributed by atoms with E-state index in [1.165, 1.54) is 0 Å². The van der Waals surface area contributed by atoms with Crippen molar-refractivity contribution in [2.45, 2.75) is 12.5 Å². The summed E-state index contributed by atoms with van der Waals surface area (Å²) in [4.78, 5) is 0. The van der Waals surface area contributed by atoms with Gasteiger partial charge in [0.05, 0.1) is 20.3 Å². The number of phenols is 1. The third-order valence-electron chi connectivity index (χ3n) is 3.14. The van der Waals surface area contributed by atoms with Gasteiger partial charge in [-0.25, -0.2) is 0 Å². The van der Waals surface area contributed by atoms with E-state index in [0.717, 1.165) is 5.56 Å². The monoisotopic (exact) mass is 274 g/mol. The van der Waals surface area contributed by atoms with Crippen molar-refractivity contribution in [2.75, 3.05) is 14.2 Å². The number of methoxy groups -OCH3 is 2. The van der Waals surface area contributed by atoms with E-state index in [0.29, 0.717) is 23.5 Å². The lowest BCUT2D eigenvalue weighted by molar-refractivity contribution is 0.173. The van der Waals surface area contributed by atoms with Crippen LogP contribution in [0.4, 0.5) is 0 Å². The number of hydrogen-bond acceptors (Lipinski definition) is 4. The number of hydrogen-bond donors (Lipinski definition) is 2. The first-order valence-corrected chi connectivity index (χ1v) is 6.32. The quantitative estimate of drug-likeness (QED) is 0.880. The van der Waals surface area contributed by atoms with Crippen LogP contribution in [0, 0.1) is 0 Å². The van der Waals surface area contributed by atoms with Crippen LogP contribution in [0.1, 0.15) is 17.2 Å². The minimum atomic E-state index is -0.734. The molecular formula is C16H18O4. The molecule has 0 aliphatic heterocycles. The number of aliphatic hydroxyl groups is 1. The predicted octanol–water partition coefficient (Wildman–Crippen LogP) is 2.69. The molecule has 0 aliphatic rings. The first-order valence-electron chi connectivity index (χ1n) is 6.32. The Kier molecular flexibility index (Phi) is 4.48. The molecule has 2 N–H and O–H groups in total. The number of aliphatic hydroxyl groups excluding tert-OH is 1. The summed E-state index contributed by atoms with van der Waals surface area (Å²) < 4.78 is 10.4. The maximum absolute atomic E-state index is 10.4. The minimum Gasteiger partial charge on any atom is -0.508 e. The van der Waals surface area contributed by atoms with E-state index in [2.05, 4.69) is 0 Å². The molecule has 2 aromatic rings. The number of phenolic OH excluding ortho intramolecular Hbond substituents is 1. The summed E-state index contributed by atoms with van der Waals surface area (Å²) in [5, 5.41) is 19.8. The van der Waals surface area contributed by atoms with E-state index in [-0.39, 0.29) is 5.75 Å². The van der Waals surface area contributed by atoms with E-state index >= 15 is 0 Å². The van der Waals surface area contributed by atoms with Crippen LogP contribution in [0.15, 0.2) is 42.5 Å². The van der Waals surface area contributed by atoms with Gasteiger partial charge in [0.1, 0.15) is 17.2 Å². The van der Waals surface area contributed by atoms with Gasteiger partial charge in [0.15, 0.2) is 0 Å². The van der Waals surface area contributed by atoms with Crippen LogP contribution in [-0.4, -0.2) is 24.4 Å². The molecule has 0 heterocycles. The van der Waals surface area contributed by atoms with Gasteiger partial charge >= 0.3 is 0 Å². The topological polar surface area (TPSA) is 58.9 Å². The Morgan fingerprint density at radius 3 is 2.50 bits per heavy atom. The van der Waals surface area contributed by atoms with Gasteiger partial charge in [-0.2, -0.15) is 0 Å². The highest BCUT2D eigenvalue weighted by Gasteiger charge is 2.15. The standard InChI is InChI=1S/C16H18O4/c1-19-13-6-7-16(20-2)14(10-13)15(18)9-11-4-3-5-12(17)8-11/h3-8,10,15,17-18H,9H2,1-2H3. The summed E-state index contributed by atoms with van der Waals surface area (Å²) in [5.41, 5.74) is 1.51. The largest absolute Gasteiger partial charge is 0.508 e. The van der Waals surface area contributed by atoms with Crippen molar-refractivity contribution in [3.8, 4) is 17.2 Å². The summed E-state index contributed by atoms with van der Waals surface area (Å²) >= 11 is 0. The number of ether oxygens (including phenoxy) is 2. The average Bonchev–Trinajstić information content (AvgIpc) is 2.46. The van der Waals surface area contributed by atoms with Gasteiger partial charge in [-0.3, -0.25) is 0 Å². The van der Waals surface area contributed by atoms with Crippen molar-refractivity contribution in [1.29, 1.82) is 0 Å². The fourth-order valence-corrected chi connectivity index (χ4v) is 2.12. The van der Waals surface area contributed by atoms with Gasteiger partial charge in [0, 0.05) is 12.0 Å². The second-order valence-electron chi connectivity index (χ2n) is 4.50. The van der Waals surface area contributed by atoms with Gasteiger partial charge in [-0.1, -0.05) is 12.1 Å². The lowest BCUT2D eigenvalue weighted by atomic mass is 10.00. The van der Waals surface area contributed by atoms with Crippen molar-refractivity contribution in [1.82, 2.24) is 0 Å². The van der Waals surface area contributed by atoms with Crippen molar-refractivity contribution in [3.05, 3.63) is 53.6 Å². The molecule has 0 aromatic heterocycles. The van der Waals surface area contributed by atoms with Crippen LogP contribution >= 0.6 is 0 Å². The SMILES string of the molecule is COc1ccc(OC)c(C(O)Cc2cccc(O)c2)c1. The summed E-state index contributed by atoms with van der Waals surface area (Å²) in [7, 11) is 3.14. The van der Waals surface area contributed by atoms with Gasteiger partial charge in [0.2, 0.25) is 0 Å². The van der Waals surface area contributed by atoms with E-state index < -0.39 is 6.10 Å². The van der Waals surface area contributed by atoms with Crippen molar-refractivity contribution in [3.63, 3.8) is 0 Å². The molecule has 20 heavy (non-hydrogen) atoms. The average molecular weight is 274 g/mol. The zero-order chi connectivity index (χ0) is 14.5. The highest BCUT2D eigenvalue weighted by molar-refractivity contribution is 5.42. The third-order valence-corrected chi connectivity index (χ3v) is 3.14. The molecule has 0 amide bonds. The lowest BCUT2D eigenvalue weighted by Crippen LogP contribution is -2.04. The first-order chi connectivity index (χ1) is 9.63. The highest BCUT2D eigenvalue weighted by atomic mass is 16.5. The van der Waals surface area contributed by atoms with Gasteiger partial charge < -0.3 is 19.7 Å². The lowest BCUT2D eigenvalue weighted by Gasteiger charge is -2.16. The second-order valence-corrected chi connectivity index (χ2v) is 4.50. The smallest absolute Gasteiger partial charge is 0.124 e. The van der Waals surface area contributed by atoms with E-state index in [1.807, 2.05) is 6.07 Å². The Labute approximate surface area is 118 Å². The zero-order valence-electron chi connectivity index (χ0n) is 11.5. The van der Waals surface area contributed by atoms with Crippen LogP contribution in [0.3, 0.4) is 0 Å². The Morgan fingerprint density at radius 1 is 1.05 bits per heavy atom. The van der Waals surface area contributed by atoms with Crippen molar-refractivity contribution >= 4 is 0 Å². The Balaban J connectivity index is 2.25. The van der Waals surface area contributed by atoms with Crippen molar-refractivity contribution in [2.24, 2.45) is 0 Å². The van der Waals surface area contributed by atoms with Crippen LogP contribution < -0.4 is 9.47 Å². The summed E-state index contributed by atoms with van der Waals surface area (Å²) in [6.45, 7) is 0. The van der Waals surface area contributed by atoms with Crippen LogP contribution in [0.5, 0.6) is 17.2 Å². The molecule has 0 spiro atoms. The van der Waals surface area contributed by atoms with Gasteiger partial charge in [-0.15, -0.1) is 0 Å². The van der Waals surface area contributed by atoms with Crippen LogP contribution in [0.2, 0.25) is 0 Å². The molecule has 1 atom stereocenters. The molecule has 1 unspecified atom stereocenters. The van der Waals surface area contributed by atoms with Crippen molar-refractivity contribution < 1.29 is 19.7 Å². The second kappa shape index (κ2) is 6.30. The maximum atomic E-state index is 10.4. The fraction of sp³-hybridized carbons (Fsp3) is 0.250. The summed E-state index contributed by atoms with van der Waals surface area (Å²) in [5.74, 6) is 1.46. The minimum absolute atomic E-state index is 0.187. The molecule has 2 rings (SSSR count). The maximum Gasteiger partial charge on any atom is 0.124 e. The molecule has 4 heteroatoms. The molecule has 4 nitrogen and oxygen atoms in total. The fourth-order valence-electron chi connectivity index (χ4n) is 2.12. The normalized spacial score (nSPS) is 11.9. The molecule has 0 saturated carbocycles. The molecular weight excluding hydrogens is 256 g/mol. The predicted molar refractivity (Wildman–Crippen MR) is 76.3 cm³/mol. The third kappa shape index (κ3) is 3.22. The molecule has 0 radical (unpaired) electrons. The molecule has 106 valence electrons. The Morgan fingerprint density at radius 2 is 1.85 bits per heavy atom. The summed E-state index contributed by atoms with van der Waals surface area (Å²) in [6, 6.07) is 12.1. The van der Waals surface area contributed by atoms with Gasteiger partial charge in [-0.05, 0) is 35.9 Å². The molecule has 0 fully saturated rings. The Hall–Kier alpha value is -2.20. The number of benzene rings is 2. The highest BCUT2D eigenvalue weighted by Crippen LogP contribution is 2.31. The Bertz CT molecular complexity index is 580. The zero-order valence-corrected chi connectivity index (χ0v) is 11.5. The molecule has 0 saturated heterocycles. The number of rotatable bonds is 5. The van der Waals surface area contributed by atoms with Crippen LogP contribution in [-0.2, 0) is 6.42 Å². The van der Waals surface area contributed by atoms with E-state index in [4.69, 9.17) is 9.47 Å². The molecule has 2 aromatic carbocycles. The van der Waals surface area contributed by atoms with E-state index in [9.17, 15) is 10.2 Å². The molecule has 0 aliphatic carbocycles. The number of aromatic hydroxyl groups is 1. The molecule has 0 bridgehead atoms. The van der Waals surface area contributed by atoms with E-state index in [1.54, 1.807) is 50.6 Å². The summed E-state index contributed by atoms with van der Waals surface area (Å²) in [6.07, 6.45) is -0.348. The first kappa shape index (κ1) is 14.2.